The molecular weight excluding hydrogens is 426 g/mol. The van der Waals surface area contributed by atoms with Crippen LogP contribution < -0.4 is 18.6 Å². The van der Waals surface area contributed by atoms with E-state index in [0.29, 0.717) is 0 Å². The van der Waals surface area contributed by atoms with Crippen molar-refractivity contribution in [3.8, 4) is 28.4 Å². The van der Waals surface area contributed by atoms with Gasteiger partial charge in [-0.1, -0.05) is 29.8 Å². The molecule has 3 aromatic carbocycles. The Morgan fingerprint density at radius 2 is 1.26 bits per heavy atom. The lowest BCUT2D eigenvalue weighted by Gasteiger charge is -2.13. The zero-order valence-electron chi connectivity index (χ0n) is 20.5. The second kappa shape index (κ2) is 9.57. The van der Waals surface area contributed by atoms with E-state index in [2.05, 4.69) is 73.0 Å². The van der Waals surface area contributed by atoms with Crippen LogP contribution in [0.4, 0.5) is 0 Å². The van der Waals surface area contributed by atoms with Crippen molar-refractivity contribution in [3.05, 3.63) is 78.1 Å². The van der Waals surface area contributed by atoms with E-state index in [1.807, 2.05) is 12.1 Å². The van der Waals surface area contributed by atoms with Gasteiger partial charge in [-0.25, -0.2) is 0 Å². The summed E-state index contributed by atoms with van der Waals surface area (Å²) in [7, 11) is 6.06. The third kappa shape index (κ3) is 3.88. The molecule has 5 rings (SSSR count). The number of aryl methyl sites for hydroxylation is 2. The van der Waals surface area contributed by atoms with Crippen LogP contribution in [0, 0.1) is 13.8 Å². The van der Waals surface area contributed by atoms with Crippen LogP contribution in [0.3, 0.4) is 0 Å². The van der Waals surface area contributed by atoms with Crippen molar-refractivity contribution in [1.29, 1.82) is 0 Å². The smallest absolute Gasteiger partial charge is 0.219 e. The summed E-state index contributed by atoms with van der Waals surface area (Å²) >= 11 is 0. The number of nitrogens with zero attached hydrogens (tertiary/aromatic N) is 1. The molecule has 5 nitrogen and oxygen atoms in total. The van der Waals surface area contributed by atoms with Crippen LogP contribution in [0.5, 0.6) is 17.2 Å². The maximum atomic E-state index is 7.00. The van der Waals surface area contributed by atoms with E-state index in [4.69, 9.17) is 19.3 Å². The predicted molar refractivity (Wildman–Crippen MR) is 137 cm³/mol. The predicted octanol–water partition coefficient (Wildman–Crippen LogP) is 5.65. The maximum absolute atomic E-state index is 7.00. The number of ether oxygens (including phenoxy) is 3. The number of fused-ring (bicyclic) bond motifs is 4. The number of aliphatic hydroxyl groups excluding tert-OH is 1. The van der Waals surface area contributed by atoms with Gasteiger partial charge in [0.2, 0.25) is 5.52 Å². The quantitative estimate of drug-likeness (QED) is 0.216. The molecule has 0 aliphatic rings. The van der Waals surface area contributed by atoms with Gasteiger partial charge in [0, 0.05) is 31.7 Å². The minimum atomic E-state index is 0.728. The van der Waals surface area contributed by atoms with E-state index in [1.54, 1.807) is 21.3 Å². The van der Waals surface area contributed by atoms with Crippen LogP contribution in [0.1, 0.15) is 11.3 Å². The average molecular weight is 457 g/mol. The zero-order chi connectivity index (χ0) is 24.4. The van der Waals surface area contributed by atoms with Gasteiger partial charge < -0.3 is 19.3 Å². The molecule has 0 amide bonds. The van der Waals surface area contributed by atoms with E-state index in [0.717, 1.165) is 62.9 Å². The highest BCUT2D eigenvalue weighted by Crippen LogP contribution is 2.37. The van der Waals surface area contributed by atoms with Crippen molar-refractivity contribution in [2.24, 2.45) is 0 Å². The number of hydrogen-bond acceptors (Lipinski definition) is 4. The topological polar surface area (TPSA) is 52.0 Å². The molecular formula is C29H30NO4+. The van der Waals surface area contributed by atoms with Crippen molar-refractivity contribution in [2.45, 2.75) is 13.8 Å². The highest BCUT2D eigenvalue weighted by atomic mass is 16.5. The van der Waals surface area contributed by atoms with E-state index >= 15 is 0 Å². The first-order valence-corrected chi connectivity index (χ1v) is 11.1. The molecule has 0 atom stereocenters. The first-order valence-electron chi connectivity index (χ1n) is 11.1. The molecule has 0 aliphatic heterocycles. The van der Waals surface area contributed by atoms with Gasteiger partial charge >= 0.3 is 0 Å². The number of methoxy groups -OCH3 is 3. The molecule has 174 valence electrons. The van der Waals surface area contributed by atoms with Gasteiger partial charge in [-0.2, -0.15) is 4.40 Å². The number of benzene rings is 3. The van der Waals surface area contributed by atoms with Crippen LogP contribution in [0.15, 0.2) is 66.9 Å². The Kier molecular flexibility index (Phi) is 6.57. The van der Waals surface area contributed by atoms with Crippen LogP contribution in [0.2, 0.25) is 0 Å². The number of aliphatic hydroxyl groups is 1. The Labute approximate surface area is 199 Å². The normalized spacial score (nSPS) is 10.8. The van der Waals surface area contributed by atoms with E-state index in [-0.39, 0.29) is 0 Å². The standard InChI is InChI=1S/C28H26NO3.CH4O/c1-17-6-8-19(9-7-17)24-15-23-20(13-26(24)30-3)10-11-29-18(2)22-16-28(32-5)27(31-4)14-21(22)12-25(23)29;1-2/h6-16H,1-5H3;2H,1H3/q+1;. The fourth-order valence-corrected chi connectivity index (χ4v) is 4.49. The summed E-state index contributed by atoms with van der Waals surface area (Å²) < 4.78 is 19.1. The molecule has 5 aromatic rings. The second-order valence-electron chi connectivity index (χ2n) is 8.10. The van der Waals surface area contributed by atoms with Crippen molar-refractivity contribution in [3.63, 3.8) is 0 Å². The highest BCUT2D eigenvalue weighted by molar-refractivity contribution is 6.01. The summed E-state index contributed by atoms with van der Waals surface area (Å²) in [4.78, 5) is 0. The lowest BCUT2D eigenvalue weighted by molar-refractivity contribution is -0.516. The summed E-state index contributed by atoms with van der Waals surface area (Å²) in [6.45, 7) is 4.24. The molecule has 0 fully saturated rings. The molecule has 0 radical (unpaired) electrons. The summed E-state index contributed by atoms with van der Waals surface area (Å²) in [6, 6.07) is 21.4. The largest absolute Gasteiger partial charge is 0.496 e. The molecule has 0 spiro atoms. The molecule has 2 heterocycles. The molecule has 0 unspecified atom stereocenters. The van der Waals surface area contributed by atoms with E-state index in [9.17, 15) is 0 Å². The van der Waals surface area contributed by atoms with Crippen molar-refractivity contribution >= 4 is 27.1 Å². The van der Waals surface area contributed by atoms with Gasteiger partial charge in [0.15, 0.2) is 23.4 Å². The molecule has 34 heavy (non-hydrogen) atoms. The van der Waals surface area contributed by atoms with Gasteiger partial charge in [0.25, 0.3) is 0 Å². The van der Waals surface area contributed by atoms with Crippen LogP contribution >= 0.6 is 0 Å². The maximum Gasteiger partial charge on any atom is 0.219 e. The second-order valence-corrected chi connectivity index (χ2v) is 8.10. The summed E-state index contributed by atoms with van der Waals surface area (Å²) in [5, 5.41) is 11.5. The third-order valence-corrected chi connectivity index (χ3v) is 6.27. The molecule has 0 aliphatic carbocycles. The summed E-state index contributed by atoms with van der Waals surface area (Å²) in [6.07, 6.45) is 2.12. The van der Waals surface area contributed by atoms with Gasteiger partial charge in [0.1, 0.15) is 5.75 Å². The minimum Gasteiger partial charge on any atom is -0.496 e. The third-order valence-electron chi connectivity index (χ3n) is 6.27. The van der Waals surface area contributed by atoms with E-state index in [1.165, 1.54) is 10.9 Å². The minimum absolute atomic E-state index is 0.728. The zero-order valence-corrected chi connectivity index (χ0v) is 20.5. The monoisotopic (exact) mass is 456 g/mol. The van der Waals surface area contributed by atoms with Gasteiger partial charge in [0.05, 0.1) is 32.1 Å². The summed E-state index contributed by atoms with van der Waals surface area (Å²) in [5.41, 5.74) is 5.74. The first kappa shape index (κ1) is 23.3. The van der Waals surface area contributed by atoms with Gasteiger partial charge in [-0.15, -0.1) is 0 Å². The SMILES string of the molecule is CO.COc1cc2cc3c4cc(-c5ccc(C)cc5)c(OC)cc4cc[n+]3c(C)c2cc1OC. The fourth-order valence-electron chi connectivity index (χ4n) is 4.49. The first-order chi connectivity index (χ1) is 16.5. The Hall–Kier alpha value is -3.83. The van der Waals surface area contributed by atoms with Crippen LogP contribution in [-0.2, 0) is 0 Å². The van der Waals surface area contributed by atoms with E-state index < -0.39 is 0 Å². The number of pyridine rings is 2. The summed E-state index contributed by atoms with van der Waals surface area (Å²) in [5.74, 6) is 2.33. The van der Waals surface area contributed by atoms with Crippen molar-refractivity contribution < 1.29 is 23.7 Å². The molecule has 0 bridgehead atoms. The Bertz CT molecular complexity index is 1490. The Morgan fingerprint density at radius 3 is 1.91 bits per heavy atom. The Balaban J connectivity index is 0.00000133. The lowest BCUT2D eigenvalue weighted by atomic mass is 9.98. The highest BCUT2D eigenvalue weighted by Gasteiger charge is 2.19. The number of hydrogen-bond donors (Lipinski definition) is 1. The molecule has 2 aromatic heterocycles. The molecule has 0 saturated heterocycles. The fraction of sp³-hybridized carbons (Fsp3) is 0.207. The van der Waals surface area contributed by atoms with Gasteiger partial charge in [-0.05, 0) is 47.5 Å². The number of rotatable bonds is 4. The average Bonchev–Trinajstić information content (AvgIpc) is 2.88. The van der Waals surface area contributed by atoms with Gasteiger partial charge in [-0.3, -0.25) is 0 Å². The van der Waals surface area contributed by atoms with Crippen molar-refractivity contribution in [2.75, 3.05) is 28.4 Å². The van der Waals surface area contributed by atoms with Crippen LogP contribution in [0.25, 0.3) is 38.2 Å². The lowest BCUT2D eigenvalue weighted by Crippen LogP contribution is -2.25. The Morgan fingerprint density at radius 1 is 0.647 bits per heavy atom. The molecule has 1 N–H and O–H groups in total. The van der Waals surface area contributed by atoms with Crippen LogP contribution in [-0.4, -0.2) is 33.5 Å². The molecule has 0 saturated carbocycles. The number of aromatic nitrogens is 1. The molecule has 5 heteroatoms. The van der Waals surface area contributed by atoms with Crippen molar-refractivity contribution in [1.82, 2.24) is 0 Å².